The van der Waals surface area contributed by atoms with E-state index < -0.39 is 15.8 Å². The number of nitrogen functional groups attached to an aromatic ring is 1. The van der Waals surface area contributed by atoms with Gasteiger partial charge >= 0.3 is 0 Å². The third-order valence-electron chi connectivity index (χ3n) is 2.67. The van der Waals surface area contributed by atoms with Crippen LogP contribution in [-0.2, 0) is 10.0 Å². The first-order valence-corrected chi connectivity index (χ1v) is 8.31. The molecular formula is C11H8ClFN4O2S2. The fraction of sp³-hybridized carbons (Fsp3) is 0. The van der Waals surface area contributed by atoms with Gasteiger partial charge in [-0.15, -0.1) is 11.3 Å². The SMILES string of the molecule is Nc1nc2sccn2c1S(=O)(=O)Nc1ccc(Cl)c(F)c1. The Labute approximate surface area is 128 Å². The minimum absolute atomic E-state index is 0.0430. The van der Waals surface area contributed by atoms with Crippen LogP contribution in [0.5, 0.6) is 0 Å². The average Bonchev–Trinajstić information content (AvgIpc) is 2.92. The fourth-order valence-electron chi connectivity index (χ4n) is 1.81. The second-order valence-electron chi connectivity index (χ2n) is 4.09. The summed E-state index contributed by atoms with van der Waals surface area (Å²) in [5.41, 5.74) is 5.69. The normalized spacial score (nSPS) is 11.9. The van der Waals surface area contributed by atoms with Crippen molar-refractivity contribution in [2.24, 2.45) is 0 Å². The van der Waals surface area contributed by atoms with Crippen LogP contribution in [0.2, 0.25) is 5.02 Å². The summed E-state index contributed by atoms with van der Waals surface area (Å²) in [5.74, 6) is -0.845. The second kappa shape index (κ2) is 4.86. The summed E-state index contributed by atoms with van der Waals surface area (Å²) >= 11 is 6.81. The lowest BCUT2D eigenvalue weighted by atomic mass is 10.3. The number of benzene rings is 1. The molecule has 0 amide bonds. The molecule has 3 aromatic rings. The molecule has 0 saturated heterocycles. The molecule has 10 heteroatoms. The third kappa shape index (κ3) is 2.43. The van der Waals surface area contributed by atoms with E-state index in [0.29, 0.717) is 4.96 Å². The number of anilines is 2. The highest BCUT2D eigenvalue weighted by molar-refractivity contribution is 7.92. The molecule has 0 bridgehead atoms. The van der Waals surface area contributed by atoms with Gasteiger partial charge in [-0.25, -0.2) is 9.37 Å². The number of nitrogens with zero attached hydrogens (tertiary/aromatic N) is 2. The number of sulfonamides is 1. The van der Waals surface area contributed by atoms with Gasteiger partial charge in [-0.1, -0.05) is 11.6 Å². The molecule has 2 aromatic heterocycles. The molecule has 0 fully saturated rings. The minimum atomic E-state index is -4.00. The number of nitrogens with one attached hydrogen (secondary N) is 1. The lowest BCUT2D eigenvalue weighted by Crippen LogP contribution is -2.16. The van der Waals surface area contributed by atoms with Gasteiger partial charge in [-0.2, -0.15) is 8.42 Å². The Morgan fingerprint density at radius 3 is 2.90 bits per heavy atom. The van der Waals surface area contributed by atoms with Crippen molar-refractivity contribution >= 4 is 49.4 Å². The van der Waals surface area contributed by atoms with E-state index in [1.807, 2.05) is 0 Å². The van der Waals surface area contributed by atoms with E-state index in [1.54, 1.807) is 11.6 Å². The Morgan fingerprint density at radius 1 is 1.43 bits per heavy atom. The van der Waals surface area contributed by atoms with E-state index in [4.69, 9.17) is 17.3 Å². The van der Waals surface area contributed by atoms with Gasteiger partial charge in [0.1, 0.15) is 5.82 Å². The molecule has 0 saturated carbocycles. The molecule has 110 valence electrons. The molecule has 0 aliphatic rings. The van der Waals surface area contributed by atoms with E-state index in [-0.39, 0.29) is 21.6 Å². The van der Waals surface area contributed by atoms with Crippen molar-refractivity contribution in [2.75, 3.05) is 10.5 Å². The van der Waals surface area contributed by atoms with Crippen LogP contribution in [-0.4, -0.2) is 17.8 Å². The van der Waals surface area contributed by atoms with Crippen LogP contribution in [0.4, 0.5) is 15.9 Å². The quantitative estimate of drug-likeness (QED) is 0.762. The van der Waals surface area contributed by atoms with Gasteiger partial charge in [-0.3, -0.25) is 9.12 Å². The van der Waals surface area contributed by atoms with Crippen LogP contribution in [0, 0.1) is 5.82 Å². The van der Waals surface area contributed by atoms with Crippen molar-refractivity contribution in [3.05, 3.63) is 40.6 Å². The highest BCUT2D eigenvalue weighted by atomic mass is 35.5. The van der Waals surface area contributed by atoms with Crippen LogP contribution in [0.25, 0.3) is 4.96 Å². The molecule has 2 heterocycles. The zero-order chi connectivity index (χ0) is 15.2. The number of nitrogens with two attached hydrogens (primary N) is 1. The fourth-order valence-corrected chi connectivity index (χ4v) is 3.97. The molecule has 1 aromatic carbocycles. The molecule has 21 heavy (non-hydrogen) atoms. The highest BCUT2D eigenvalue weighted by Gasteiger charge is 2.24. The Morgan fingerprint density at radius 2 is 2.19 bits per heavy atom. The molecule has 0 radical (unpaired) electrons. The zero-order valence-corrected chi connectivity index (χ0v) is 12.6. The summed E-state index contributed by atoms with van der Waals surface area (Å²) in [5, 5.41) is 1.40. The molecule has 0 spiro atoms. The molecule has 0 aliphatic heterocycles. The zero-order valence-electron chi connectivity index (χ0n) is 10.2. The summed E-state index contributed by atoms with van der Waals surface area (Å²) in [7, 11) is -4.00. The number of hydrogen-bond donors (Lipinski definition) is 2. The van der Waals surface area contributed by atoms with Crippen LogP contribution in [0.15, 0.2) is 34.8 Å². The van der Waals surface area contributed by atoms with Crippen molar-refractivity contribution in [1.29, 1.82) is 0 Å². The Balaban J connectivity index is 2.06. The van der Waals surface area contributed by atoms with Gasteiger partial charge in [0.25, 0.3) is 10.0 Å². The Hall–Kier alpha value is -1.84. The number of aromatic nitrogens is 2. The van der Waals surface area contributed by atoms with Crippen LogP contribution < -0.4 is 10.5 Å². The van der Waals surface area contributed by atoms with Crippen LogP contribution in [0.1, 0.15) is 0 Å². The average molecular weight is 347 g/mol. The van der Waals surface area contributed by atoms with Gasteiger partial charge < -0.3 is 5.73 Å². The van der Waals surface area contributed by atoms with Crippen molar-refractivity contribution in [3.8, 4) is 0 Å². The predicted octanol–water partition coefficient (Wildman–Crippen LogP) is 2.57. The summed E-state index contributed by atoms with van der Waals surface area (Å²) in [4.78, 5) is 4.41. The maximum atomic E-state index is 13.4. The number of hydrogen-bond acceptors (Lipinski definition) is 5. The van der Waals surface area contributed by atoms with Gasteiger partial charge in [0, 0.05) is 11.6 Å². The summed E-state index contributed by atoms with van der Waals surface area (Å²) in [6.45, 7) is 0. The van der Waals surface area contributed by atoms with Gasteiger partial charge in [0.2, 0.25) is 5.03 Å². The summed E-state index contributed by atoms with van der Waals surface area (Å²) < 4.78 is 41.8. The number of fused-ring (bicyclic) bond motifs is 1. The first kappa shape index (κ1) is 14.1. The third-order valence-corrected chi connectivity index (χ3v) is 5.15. The van der Waals surface area contributed by atoms with E-state index in [1.165, 1.54) is 27.9 Å². The summed E-state index contributed by atoms with van der Waals surface area (Å²) in [6, 6.07) is 3.60. The monoisotopic (exact) mass is 346 g/mol. The minimum Gasteiger partial charge on any atom is -0.381 e. The van der Waals surface area contributed by atoms with Crippen molar-refractivity contribution in [2.45, 2.75) is 5.03 Å². The lowest BCUT2D eigenvalue weighted by molar-refractivity contribution is 0.597. The smallest absolute Gasteiger partial charge is 0.281 e. The Bertz CT molecular complexity index is 935. The van der Waals surface area contributed by atoms with E-state index in [2.05, 4.69) is 9.71 Å². The maximum Gasteiger partial charge on any atom is 0.281 e. The topological polar surface area (TPSA) is 89.5 Å². The summed E-state index contributed by atoms with van der Waals surface area (Å²) in [6.07, 6.45) is 1.54. The molecule has 0 aliphatic carbocycles. The number of rotatable bonds is 3. The lowest BCUT2D eigenvalue weighted by Gasteiger charge is -2.08. The van der Waals surface area contributed by atoms with E-state index in [9.17, 15) is 12.8 Å². The number of halogens is 2. The largest absolute Gasteiger partial charge is 0.381 e. The molecule has 6 nitrogen and oxygen atoms in total. The molecule has 3 N–H and O–H groups in total. The Kier molecular flexibility index (Phi) is 3.27. The van der Waals surface area contributed by atoms with E-state index in [0.717, 1.165) is 6.07 Å². The molecule has 0 unspecified atom stereocenters. The molecular weight excluding hydrogens is 339 g/mol. The first-order valence-electron chi connectivity index (χ1n) is 5.57. The van der Waals surface area contributed by atoms with Gasteiger partial charge in [0.05, 0.1) is 10.7 Å². The second-order valence-corrected chi connectivity index (χ2v) is 6.97. The van der Waals surface area contributed by atoms with Crippen molar-refractivity contribution < 1.29 is 12.8 Å². The van der Waals surface area contributed by atoms with Crippen molar-refractivity contribution in [1.82, 2.24) is 9.38 Å². The molecule has 3 rings (SSSR count). The van der Waals surface area contributed by atoms with Crippen molar-refractivity contribution in [3.63, 3.8) is 0 Å². The molecule has 0 atom stereocenters. The predicted molar refractivity (Wildman–Crippen MR) is 79.7 cm³/mol. The van der Waals surface area contributed by atoms with E-state index >= 15 is 0 Å². The van der Waals surface area contributed by atoms with Gasteiger partial charge in [0.15, 0.2) is 10.8 Å². The number of thiazole rings is 1. The maximum absolute atomic E-state index is 13.4. The number of imidazole rings is 1. The van der Waals surface area contributed by atoms with Gasteiger partial charge in [-0.05, 0) is 18.2 Å². The first-order chi connectivity index (χ1) is 9.88. The van der Waals surface area contributed by atoms with Crippen LogP contribution in [0.3, 0.4) is 0 Å². The highest BCUT2D eigenvalue weighted by Crippen LogP contribution is 2.26. The standard InChI is InChI=1S/C11H8ClFN4O2S2/c12-7-2-1-6(5-8(7)13)16-21(18,19)10-9(14)15-11-17(10)3-4-20-11/h1-5,16H,14H2. The van der Waals surface area contributed by atoms with Crippen LogP contribution >= 0.6 is 22.9 Å².